The summed E-state index contributed by atoms with van der Waals surface area (Å²) in [5.41, 5.74) is 9.75. The molecule has 3 N–H and O–H groups in total. The second-order valence-corrected chi connectivity index (χ2v) is 5.85. The van der Waals surface area contributed by atoms with Crippen molar-refractivity contribution in [2.75, 3.05) is 6.54 Å². The molecule has 0 saturated carbocycles. The minimum absolute atomic E-state index is 0.326. The molecule has 115 valence electrons. The molecule has 0 spiro atoms. The van der Waals surface area contributed by atoms with Gasteiger partial charge in [-0.1, -0.05) is 30.3 Å². The molecule has 1 radical (unpaired) electrons. The van der Waals surface area contributed by atoms with Crippen LogP contribution in [0.3, 0.4) is 0 Å². The molecule has 0 fully saturated rings. The molecule has 2 heterocycles. The number of hydrogen-bond donors (Lipinski definition) is 2. The molecule has 1 aliphatic heterocycles. The Labute approximate surface area is 134 Å². The average Bonchev–Trinajstić information content (AvgIpc) is 2.96. The number of benzene rings is 2. The SMILES string of the molecule is NC(=O)C1c2cc[c]cc2CCN1Cc1nc2ccccc2[nH]1. The summed E-state index contributed by atoms with van der Waals surface area (Å²) in [6.45, 7) is 1.34. The van der Waals surface area contributed by atoms with E-state index in [0.717, 1.165) is 41.0 Å². The molecule has 1 atom stereocenters. The van der Waals surface area contributed by atoms with Crippen molar-refractivity contribution in [3.8, 4) is 0 Å². The molecule has 1 amide bonds. The van der Waals surface area contributed by atoms with Crippen LogP contribution in [0.4, 0.5) is 0 Å². The fourth-order valence-corrected chi connectivity index (χ4v) is 3.33. The molecule has 1 unspecified atom stereocenters. The molecule has 5 nitrogen and oxygen atoms in total. The van der Waals surface area contributed by atoms with Crippen molar-refractivity contribution in [2.45, 2.75) is 19.0 Å². The van der Waals surface area contributed by atoms with Crippen molar-refractivity contribution in [3.63, 3.8) is 0 Å². The van der Waals surface area contributed by atoms with E-state index >= 15 is 0 Å². The lowest BCUT2D eigenvalue weighted by atomic mass is 9.92. The Hall–Kier alpha value is -2.66. The maximum absolute atomic E-state index is 12.0. The first-order valence-electron chi connectivity index (χ1n) is 7.68. The molecular weight excluding hydrogens is 288 g/mol. The van der Waals surface area contributed by atoms with Crippen LogP contribution >= 0.6 is 0 Å². The summed E-state index contributed by atoms with van der Waals surface area (Å²) < 4.78 is 0. The van der Waals surface area contributed by atoms with E-state index < -0.39 is 6.04 Å². The van der Waals surface area contributed by atoms with Crippen molar-refractivity contribution in [1.29, 1.82) is 0 Å². The van der Waals surface area contributed by atoms with Gasteiger partial charge in [-0.15, -0.1) is 0 Å². The molecule has 4 rings (SSSR count). The molecule has 0 saturated heterocycles. The second-order valence-electron chi connectivity index (χ2n) is 5.85. The van der Waals surface area contributed by atoms with Crippen LogP contribution in [0.2, 0.25) is 0 Å². The Morgan fingerprint density at radius 1 is 1.39 bits per heavy atom. The standard InChI is InChI=1S/C18H17N4O/c19-18(23)17-13-6-2-1-5-12(13)9-10-22(17)11-16-20-14-7-3-4-8-15(14)21-16/h2-8,17H,9-11H2,(H2,19,23)(H,20,21). The Kier molecular flexibility index (Phi) is 3.35. The number of nitrogens with zero attached hydrogens (tertiary/aromatic N) is 2. The van der Waals surface area contributed by atoms with Gasteiger partial charge >= 0.3 is 0 Å². The molecule has 3 aromatic rings. The van der Waals surface area contributed by atoms with Crippen molar-refractivity contribution in [2.24, 2.45) is 5.73 Å². The van der Waals surface area contributed by atoms with Gasteiger partial charge in [0.1, 0.15) is 11.9 Å². The van der Waals surface area contributed by atoms with Crippen molar-refractivity contribution >= 4 is 16.9 Å². The van der Waals surface area contributed by atoms with Crippen LogP contribution in [0.1, 0.15) is 23.0 Å². The number of aromatic nitrogens is 2. The monoisotopic (exact) mass is 305 g/mol. The lowest BCUT2D eigenvalue weighted by molar-refractivity contribution is -0.124. The van der Waals surface area contributed by atoms with E-state index in [2.05, 4.69) is 20.9 Å². The Bertz CT molecular complexity index is 837. The van der Waals surface area contributed by atoms with Crippen LogP contribution in [0.5, 0.6) is 0 Å². The third-order valence-corrected chi connectivity index (χ3v) is 4.38. The molecule has 1 aromatic heterocycles. The summed E-state index contributed by atoms with van der Waals surface area (Å²) in [7, 11) is 0. The number of nitrogens with two attached hydrogens (primary N) is 1. The molecule has 23 heavy (non-hydrogen) atoms. The van der Waals surface area contributed by atoms with Gasteiger partial charge in [0.15, 0.2) is 0 Å². The van der Waals surface area contributed by atoms with Crippen LogP contribution < -0.4 is 5.73 Å². The first kappa shape index (κ1) is 14.0. The van der Waals surface area contributed by atoms with Crippen LogP contribution in [0, 0.1) is 6.07 Å². The quantitative estimate of drug-likeness (QED) is 0.776. The van der Waals surface area contributed by atoms with Crippen LogP contribution in [0.25, 0.3) is 11.0 Å². The first-order chi connectivity index (χ1) is 11.2. The Morgan fingerprint density at radius 3 is 3.09 bits per heavy atom. The van der Waals surface area contributed by atoms with Gasteiger partial charge in [-0.05, 0) is 35.7 Å². The van der Waals surface area contributed by atoms with E-state index in [1.807, 2.05) is 42.5 Å². The average molecular weight is 305 g/mol. The number of rotatable bonds is 3. The molecule has 1 aliphatic rings. The maximum atomic E-state index is 12.0. The molecule has 0 aliphatic carbocycles. The highest BCUT2D eigenvalue weighted by atomic mass is 16.1. The third kappa shape index (κ3) is 2.49. The maximum Gasteiger partial charge on any atom is 0.239 e. The highest BCUT2D eigenvalue weighted by molar-refractivity contribution is 5.82. The van der Waals surface area contributed by atoms with Crippen molar-refractivity contribution < 1.29 is 4.79 Å². The number of para-hydroxylation sites is 2. The van der Waals surface area contributed by atoms with Crippen LogP contribution in [-0.4, -0.2) is 27.3 Å². The van der Waals surface area contributed by atoms with E-state index in [0.29, 0.717) is 6.54 Å². The number of hydrogen-bond acceptors (Lipinski definition) is 3. The lowest BCUT2D eigenvalue weighted by Crippen LogP contribution is -2.42. The number of nitrogens with one attached hydrogen (secondary N) is 1. The minimum atomic E-state index is -0.415. The summed E-state index contributed by atoms with van der Waals surface area (Å²) in [6, 6.07) is 16.3. The number of carbonyl (C=O) groups excluding carboxylic acids is 1. The van der Waals surface area contributed by atoms with Crippen LogP contribution in [-0.2, 0) is 17.8 Å². The predicted molar refractivity (Wildman–Crippen MR) is 87.4 cm³/mol. The zero-order chi connectivity index (χ0) is 15.8. The van der Waals surface area contributed by atoms with Gasteiger partial charge in [-0.3, -0.25) is 9.69 Å². The van der Waals surface area contributed by atoms with E-state index in [1.165, 1.54) is 0 Å². The fourth-order valence-electron chi connectivity index (χ4n) is 3.33. The van der Waals surface area contributed by atoms with Gasteiger partial charge in [0.25, 0.3) is 0 Å². The number of amides is 1. The Balaban J connectivity index is 1.66. The van der Waals surface area contributed by atoms with Gasteiger partial charge in [0.2, 0.25) is 5.91 Å². The molecule has 2 aromatic carbocycles. The zero-order valence-electron chi connectivity index (χ0n) is 12.6. The van der Waals surface area contributed by atoms with Crippen molar-refractivity contribution in [1.82, 2.24) is 14.9 Å². The van der Waals surface area contributed by atoms with Gasteiger partial charge in [0, 0.05) is 6.54 Å². The van der Waals surface area contributed by atoms with E-state index in [9.17, 15) is 4.79 Å². The summed E-state index contributed by atoms with van der Waals surface area (Å²) >= 11 is 0. The number of H-pyrrole nitrogens is 1. The summed E-state index contributed by atoms with van der Waals surface area (Å²) in [5, 5.41) is 0. The summed E-state index contributed by atoms with van der Waals surface area (Å²) in [4.78, 5) is 22.0. The normalized spacial score (nSPS) is 18.0. The lowest BCUT2D eigenvalue weighted by Gasteiger charge is -2.34. The van der Waals surface area contributed by atoms with Gasteiger partial charge < -0.3 is 10.7 Å². The van der Waals surface area contributed by atoms with E-state index in [-0.39, 0.29) is 5.91 Å². The number of fused-ring (bicyclic) bond motifs is 2. The van der Waals surface area contributed by atoms with E-state index in [4.69, 9.17) is 5.73 Å². The van der Waals surface area contributed by atoms with Gasteiger partial charge in [0.05, 0.1) is 17.6 Å². The second kappa shape index (κ2) is 5.52. The number of carbonyl (C=O) groups is 1. The van der Waals surface area contributed by atoms with Gasteiger partial charge in [-0.25, -0.2) is 4.98 Å². The zero-order valence-corrected chi connectivity index (χ0v) is 12.6. The third-order valence-electron chi connectivity index (χ3n) is 4.38. The number of aromatic amines is 1. The number of primary amides is 1. The Morgan fingerprint density at radius 2 is 2.26 bits per heavy atom. The molecule has 5 heteroatoms. The smallest absolute Gasteiger partial charge is 0.239 e. The van der Waals surface area contributed by atoms with Crippen LogP contribution in [0.15, 0.2) is 42.5 Å². The van der Waals surface area contributed by atoms with E-state index in [1.54, 1.807) is 0 Å². The minimum Gasteiger partial charge on any atom is -0.368 e. The molecular formula is C18H17N4O. The topological polar surface area (TPSA) is 75.0 Å². The van der Waals surface area contributed by atoms with Crippen molar-refractivity contribution in [3.05, 3.63) is 65.5 Å². The first-order valence-corrected chi connectivity index (χ1v) is 7.68. The highest BCUT2D eigenvalue weighted by Crippen LogP contribution is 2.30. The highest BCUT2D eigenvalue weighted by Gasteiger charge is 2.31. The molecule has 0 bridgehead atoms. The fraction of sp³-hybridized carbons (Fsp3) is 0.222. The summed E-state index contributed by atoms with van der Waals surface area (Å²) in [5.74, 6) is 0.525. The van der Waals surface area contributed by atoms with Gasteiger partial charge in [-0.2, -0.15) is 0 Å². The largest absolute Gasteiger partial charge is 0.368 e. The summed E-state index contributed by atoms with van der Waals surface area (Å²) in [6.07, 6.45) is 0.886. The number of imidazole rings is 1. The predicted octanol–water partition coefficient (Wildman–Crippen LogP) is 1.95.